The minimum Gasteiger partial charge on any atom is -0.496 e. The van der Waals surface area contributed by atoms with Gasteiger partial charge in [0, 0.05) is 11.6 Å². The zero-order valence-electron chi connectivity index (χ0n) is 9.36. The average Bonchev–Trinajstić information content (AvgIpc) is 2.74. The number of nitrogens with two attached hydrogens (primary N) is 1. The van der Waals surface area contributed by atoms with Crippen molar-refractivity contribution in [2.75, 3.05) is 12.8 Å². The predicted molar refractivity (Wildman–Crippen MR) is 62.3 cm³/mol. The molecule has 0 unspecified atom stereocenters. The SMILES string of the molecule is CCc1cccc(-c2cc(N)on2)c1OC. The van der Waals surface area contributed by atoms with E-state index in [-0.39, 0.29) is 0 Å². The van der Waals surface area contributed by atoms with Gasteiger partial charge < -0.3 is 15.0 Å². The number of ether oxygens (including phenoxy) is 1. The molecule has 0 bridgehead atoms. The Bertz CT molecular complexity index is 492. The first kappa shape index (κ1) is 10.5. The van der Waals surface area contributed by atoms with Crippen LogP contribution in [0.5, 0.6) is 5.75 Å². The molecule has 0 saturated heterocycles. The Hall–Kier alpha value is -1.97. The van der Waals surface area contributed by atoms with E-state index in [2.05, 4.69) is 12.1 Å². The molecule has 1 heterocycles. The van der Waals surface area contributed by atoms with E-state index in [1.165, 1.54) is 0 Å². The second-order valence-corrected chi connectivity index (χ2v) is 3.47. The molecule has 0 spiro atoms. The number of aromatic nitrogens is 1. The fourth-order valence-corrected chi connectivity index (χ4v) is 1.72. The topological polar surface area (TPSA) is 61.3 Å². The van der Waals surface area contributed by atoms with Gasteiger partial charge in [0.05, 0.1) is 7.11 Å². The molecule has 0 aliphatic carbocycles. The van der Waals surface area contributed by atoms with E-state index >= 15 is 0 Å². The Morgan fingerprint density at radius 1 is 1.44 bits per heavy atom. The van der Waals surface area contributed by atoms with Crippen LogP contribution in [0.15, 0.2) is 28.8 Å². The lowest BCUT2D eigenvalue weighted by Crippen LogP contribution is -1.93. The van der Waals surface area contributed by atoms with E-state index in [1.807, 2.05) is 18.2 Å². The van der Waals surface area contributed by atoms with Crippen LogP contribution >= 0.6 is 0 Å². The number of hydrogen-bond donors (Lipinski definition) is 1. The highest BCUT2D eigenvalue weighted by Gasteiger charge is 2.12. The standard InChI is InChI=1S/C12H14N2O2/c1-3-8-5-4-6-9(12(8)15-2)10-7-11(13)16-14-10/h4-7H,3,13H2,1-2H3. The molecule has 0 amide bonds. The molecule has 1 aromatic heterocycles. The summed E-state index contributed by atoms with van der Waals surface area (Å²) in [5.74, 6) is 1.14. The third kappa shape index (κ3) is 1.74. The Morgan fingerprint density at radius 2 is 2.25 bits per heavy atom. The van der Waals surface area contributed by atoms with Crippen molar-refractivity contribution in [3.63, 3.8) is 0 Å². The van der Waals surface area contributed by atoms with Crippen molar-refractivity contribution in [2.24, 2.45) is 0 Å². The summed E-state index contributed by atoms with van der Waals surface area (Å²) in [4.78, 5) is 0. The molecule has 2 rings (SSSR count). The Morgan fingerprint density at radius 3 is 2.81 bits per heavy atom. The highest BCUT2D eigenvalue weighted by atomic mass is 16.5. The molecular formula is C12H14N2O2. The van der Waals surface area contributed by atoms with Gasteiger partial charge in [0.15, 0.2) is 0 Å². The largest absolute Gasteiger partial charge is 0.496 e. The zero-order chi connectivity index (χ0) is 11.5. The highest BCUT2D eigenvalue weighted by Crippen LogP contribution is 2.33. The van der Waals surface area contributed by atoms with Gasteiger partial charge in [-0.05, 0) is 18.1 Å². The lowest BCUT2D eigenvalue weighted by molar-refractivity contribution is 0.409. The van der Waals surface area contributed by atoms with Crippen LogP contribution in [0.2, 0.25) is 0 Å². The fraction of sp³-hybridized carbons (Fsp3) is 0.250. The minimum atomic E-state index is 0.305. The van der Waals surface area contributed by atoms with E-state index in [0.717, 1.165) is 23.3 Å². The zero-order valence-corrected chi connectivity index (χ0v) is 9.36. The number of benzene rings is 1. The van der Waals surface area contributed by atoms with Crippen molar-refractivity contribution >= 4 is 5.88 Å². The van der Waals surface area contributed by atoms with Crippen LogP contribution in [-0.2, 0) is 6.42 Å². The highest BCUT2D eigenvalue weighted by molar-refractivity contribution is 5.70. The summed E-state index contributed by atoms with van der Waals surface area (Å²) >= 11 is 0. The van der Waals surface area contributed by atoms with Crippen molar-refractivity contribution in [3.8, 4) is 17.0 Å². The molecule has 0 atom stereocenters. The number of aryl methyl sites for hydroxylation is 1. The molecule has 0 saturated carbocycles. The minimum absolute atomic E-state index is 0.305. The molecule has 4 heteroatoms. The third-order valence-corrected chi connectivity index (χ3v) is 2.49. The molecule has 2 aromatic rings. The fourth-order valence-electron chi connectivity index (χ4n) is 1.72. The predicted octanol–water partition coefficient (Wildman–Crippen LogP) is 2.49. The van der Waals surface area contributed by atoms with Crippen molar-refractivity contribution in [1.82, 2.24) is 5.16 Å². The number of methoxy groups -OCH3 is 1. The van der Waals surface area contributed by atoms with E-state index in [1.54, 1.807) is 13.2 Å². The molecule has 4 nitrogen and oxygen atoms in total. The van der Waals surface area contributed by atoms with E-state index in [9.17, 15) is 0 Å². The number of rotatable bonds is 3. The maximum atomic E-state index is 5.51. The summed E-state index contributed by atoms with van der Waals surface area (Å²) in [7, 11) is 1.65. The van der Waals surface area contributed by atoms with Gasteiger partial charge in [-0.3, -0.25) is 0 Å². The molecule has 84 valence electrons. The van der Waals surface area contributed by atoms with E-state index < -0.39 is 0 Å². The summed E-state index contributed by atoms with van der Waals surface area (Å²) in [5, 5.41) is 3.89. The van der Waals surface area contributed by atoms with E-state index in [4.69, 9.17) is 15.0 Å². The average molecular weight is 218 g/mol. The van der Waals surface area contributed by atoms with Crippen LogP contribution in [0.25, 0.3) is 11.3 Å². The van der Waals surface area contributed by atoms with Crippen molar-refractivity contribution < 1.29 is 9.26 Å². The summed E-state index contributed by atoms with van der Waals surface area (Å²) in [6.45, 7) is 2.08. The molecule has 0 fully saturated rings. The molecule has 1 aromatic carbocycles. The van der Waals surface area contributed by atoms with Crippen molar-refractivity contribution in [2.45, 2.75) is 13.3 Å². The van der Waals surface area contributed by atoms with Crippen molar-refractivity contribution in [1.29, 1.82) is 0 Å². The molecule has 0 aliphatic rings. The van der Waals surface area contributed by atoms with Gasteiger partial charge in [0.2, 0.25) is 5.88 Å². The summed E-state index contributed by atoms with van der Waals surface area (Å²) < 4.78 is 10.3. The lowest BCUT2D eigenvalue weighted by Gasteiger charge is -2.10. The smallest absolute Gasteiger partial charge is 0.222 e. The summed E-state index contributed by atoms with van der Waals surface area (Å²) in [6.07, 6.45) is 0.907. The Kier molecular flexibility index (Phi) is 2.81. The molecule has 16 heavy (non-hydrogen) atoms. The van der Waals surface area contributed by atoms with Gasteiger partial charge in [0.25, 0.3) is 0 Å². The van der Waals surface area contributed by atoms with Crippen LogP contribution < -0.4 is 10.5 Å². The molecule has 0 aliphatic heterocycles. The maximum Gasteiger partial charge on any atom is 0.222 e. The van der Waals surface area contributed by atoms with E-state index in [0.29, 0.717) is 11.6 Å². The van der Waals surface area contributed by atoms with Crippen molar-refractivity contribution in [3.05, 3.63) is 29.8 Å². The number of nitrogen functional groups attached to an aromatic ring is 1. The molecule has 2 N–H and O–H groups in total. The van der Waals surface area contributed by atoms with Crippen LogP contribution in [0.1, 0.15) is 12.5 Å². The van der Waals surface area contributed by atoms with Gasteiger partial charge >= 0.3 is 0 Å². The number of para-hydroxylation sites is 1. The maximum absolute atomic E-state index is 5.51. The van der Waals surface area contributed by atoms with Crippen LogP contribution in [0.4, 0.5) is 5.88 Å². The Balaban J connectivity index is 2.56. The number of nitrogens with zero attached hydrogens (tertiary/aromatic N) is 1. The second kappa shape index (κ2) is 4.26. The quantitative estimate of drug-likeness (QED) is 0.859. The van der Waals surface area contributed by atoms with Gasteiger partial charge in [-0.2, -0.15) is 0 Å². The monoisotopic (exact) mass is 218 g/mol. The van der Waals surface area contributed by atoms with Crippen LogP contribution in [-0.4, -0.2) is 12.3 Å². The first-order valence-electron chi connectivity index (χ1n) is 5.14. The van der Waals surface area contributed by atoms with Crippen LogP contribution in [0, 0.1) is 0 Å². The summed E-state index contributed by atoms with van der Waals surface area (Å²) in [5.41, 5.74) is 8.25. The molecule has 0 radical (unpaired) electrons. The first-order valence-corrected chi connectivity index (χ1v) is 5.14. The van der Waals surface area contributed by atoms with Crippen LogP contribution in [0.3, 0.4) is 0 Å². The van der Waals surface area contributed by atoms with Gasteiger partial charge in [-0.25, -0.2) is 0 Å². The molecular weight excluding hydrogens is 204 g/mol. The lowest BCUT2D eigenvalue weighted by atomic mass is 10.0. The first-order chi connectivity index (χ1) is 7.76. The summed E-state index contributed by atoms with van der Waals surface area (Å²) in [6, 6.07) is 7.64. The van der Waals surface area contributed by atoms with Gasteiger partial charge in [-0.1, -0.05) is 24.2 Å². The number of anilines is 1. The van der Waals surface area contributed by atoms with Gasteiger partial charge in [0.1, 0.15) is 11.4 Å². The third-order valence-electron chi connectivity index (χ3n) is 2.49. The Labute approximate surface area is 94.0 Å². The van der Waals surface area contributed by atoms with Gasteiger partial charge in [-0.15, -0.1) is 0 Å². The number of hydrogen-bond acceptors (Lipinski definition) is 4. The normalized spacial score (nSPS) is 10.4. The second-order valence-electron chi connectivity index (χ2n) is 3.47.